The normalized spacial score (nSPS) is 11.2. The Kier molecular flexibility index (Phi) is 4.95. The van der Waals surface area contributed by atoms with Crippen LogP contribution in [0.2, 0.25) is 0 Å². The van der Waals surface area contributed by atoms with Crippen molar-refractivity contribution in [2.45, 2.75) is 18.9 Å². The molecular weight excluding hydrogens is 256 g/mol. The van der Waals surface area contributed by atoms with E-state index in [4.69, 9.17) is 4.74 Å². The summed E-state index contributed by atoms with van der Waals surface area (Å²) in [6.45, 7) is 0.927. The van der Waals surface area contributed by atoms with Crippen LogP contribution in [0.4, 0.5) is 11.5 Å². The predicted molar refractivity (Wildman–Crippen MR) is 66.1 cm³/mol. The molecule has 106 valence electrons. The monoisotopic (exact) mass is 272 g/mol. The summed E-state index contributed by atoms with van der Waals surface area (Å²) in [6.07, 6.45) is 1.45. The van der Waals surface area contributed by atoms with E-state index in [1.54, 1.807) is 6.92 Å². The van der Waals surface area contributed by atoms with E-state index in [1.807, 2.05) is 0 Å². The number of ether oxygens (including phenoxy) is 1. The van der Waals surface area contributed by atoms with Gasteiger partial charge in [0.15, 0.2) is 0 Å². The van der Waals surface area contributed by atoms with Crippen molar-refractivity contribution in [2.75, 3.05) is 25.6 Å². The SMILES string of the molecule is CCC(CO)(CO)Nc1ncnc(OC)c1[N+](=O)[O-]. The molecule has 0 radical (unpaired) electrons. The van der Waals surface area contributed by atoms with Crippen LogP contribution in [-0.2, 0) is 0 Å². The Morgan fingerprint density at radius 2 is 2.11 bits per heavy atom. The van der Waals surface area contributed by atoms with Gasteiger partial charge in [0.25, 0.3) is 5.88 Å². The zero-order chi connectivity index (χ0) is 14.5. The molecule has 3 N–H and O–H groups in total. The molecule has 0 bridgehead atoms. The predicted octanol–water partition coefficient (Wildman–Crippen LogP) is -0.0613. The zero-order valence-corrected chi connectivity index (χ0v) is 10.7. The van der Waals surface area contributed by atoms with E-state index in [2.05, 4.69) is 15.3 Å². The second kappa shape index (κ2) is 6.25. The number of aliphatic hydroxyl groups excluding tert-OH is 2. The van der Waals surface area contributed by atoms with Crippen LogP contribution in [0.5, 0.6) is 5.88 Å². The van der Waals surface area contributed by atoms with E-state index < -0.39 is 29.4 Å². The molecule has 0 aromatic carbocycles. The standard InChI is InChI=1S/C10H16N4O5/c1-3-10(4-15,5-16)13-8-7(14(17)18)9(19-2)12-6-11-8/h6,15-16H,3-5H2,1-2H3,(H,11,12,13). The first-order chi connectivity index (χ1) is 9.03. The zero-order valence-electron chi connectivity index (χ0n) is 10.7. The number of aromatic nitrogens is 2. The van der Waals surface area contributed by atoms with Crippen molar-refractivity contribution in [1.29, 1.82) is 0 Å². The van der Waals surface area contributed by atoms with Crippen LogP contribution in [0.25, 0.3) is 0 Å². The molecule has 0 fully saturated rings. The van der Waals surface area contributed by atoms with Gasteiger partial charge < -0.3 is 20.3 Å². The second-order valence-corrected chi connectivity index (χ2v) is 3.91. The van der Waals surface area contributed by atoms with E-state index in [0.29, 0.717) is 6.42 Å². The smallest absolute Gasteiger partial charge is 0.372 e. The number of aliphatic hydroxyl groups is 2. The van der Waals surface area contributed by atoms with Crippen molar-refractivity contribution in [1.82, 2.24) is 9.97 Å². The highest BCUT2D eigenvalue weighted by molar-refractivity contribution is 5.62. The molecule has 0 amide bonds. The second-order valence-electron chi connectivity index (χ2n) is 3.91. The van der Waals surface area contributed by atoms with Gasteiger partial charge in [-0.2, -0.15) is 4.98 Å². The number of rotatable bonds is 7. The van der Waals surface area contributed by atoms with Crippen LogP contribution in [0.1, 0.15) is 13.3 Å². The molecule has 1 heterocycles. The maximum absolute atomic E-state index is 11.0. The summed E-state index contributed by atoms with van der Waals surface area (Å²) in [5.74, 6) is -0.301. The molecule has 1 aromatic heterocycles. The first-order valence-corrected chi connectivity index (χ1v) is 5.56. The molecule has 0 spiro atoms. The van der Waals surface area contributed by atoms with Crippen molar-refractivity contribution in [3.63, 3.8) is 0 Å². The molecule has 0 aliphatic heterocycles. The van der Waals surface area contributed by atoms with Crippen molar-refractivity contribution < 1.29 is 19.9 Å². The van der Waals surface area contributed by atoms with Gasteiger partial charge in [0, 0.05) is 0 Å². The number of nitro groups is 1. The fourth-order valence-electron chi connectivity index (χ4n) is 1.46. The quantitative estimate of drug-likeness (QED) is 0.464. The number of hydrogen-bond acceptors (Lipinski definition) is 8. The van der Waals surface area contributed by atoms with Gasteiger partial charge in [-0.25, -0.2) is 4.98 Å². The number of nitrogens with one attached hydrogen (secondary N) is 1. The average Bonchev–Trinajstić information content (AvgIpc) is 2.44. The van der Waals surface area contributed by atoms with E-state index >= 15 is 0 Å². The summed E-state index contributed by atoms with van der Waals surface area (Å²) >= 11 is 0. The van der Waals surface area contributed by atoms with E-state index in [0.717, 1.165) is 6.33 Å². The number of hydrogen-bond donors (Lipinski definition) is 3. The molecule has 0 aliphatic carbocycles. The molecule has 1 aromatic rings. The summed E-state index contributed by atoms with van der Waals surface area (Å²) in [6, 6.07) is 0. The molecule has 0 saturated carbocycles. The summed E-state index contributed by atoms with van der Waals surface area (Å²) in [4.78, 5) is 17.8. The third-order valence-corrected chi connectivity index (χ3v) is 2.83. The van der Waals surface area contributed by atoms with Gasteiger partial charge >= 0.3 is 5.69 Å². The third-order valence-electron chi connectivity index (χ3n) is 2.83. The molecule has 0 unspecified atom stereocenters. The van der Waals surface area contributed by atoms with Gasteiger partial charge in [-0.15, -0.1) is 0 Å². The molecule has 9 heteroatoms. The van der Waals surface area contributed by atoms with E-state index in [-0.39, 0.29) is 11.7 Å². The Morgan fingerprint density at radius 3 is 2.53 bits per heavy atom. The van der Waals surface area contributed by atoms with Crippen LogP contribution in [0.3, 0.4) is 0 Å². The Labute approximate surface area is 109 Å². The minimum Gasteiger partial charge on any atom is -0.476 e. The third kappa shape index (κ3) is 3.06. The van der Waals surface area contributed by atoms with Crippen molar-refractivity contribution in [3.05, 3.63) is 16.4 Å². The van der Waals surface area contributed by atoms with E-state index in [9.17, 15) is 20.3 Å². The van der Waals surface area contributed by atoms with Crippen LogP contribution in [-0.4, -0.2) is 51.0 Å². The van der Waals surface area contributed by atoms with Gasteiger partial charge in [-0.1, -0.05) is 6.92 Å². The lowest BCUT2D eigenvalue weighted by Gasteiger charge is -2.29. The van der Waals surface area contributed by atoms with Crippen LogP contribution >= 0.6 is 0 Å². The van der Waals surface area contributed by atoms with Crippen molar-refractivity contribution in [3.8, 4) is 5.88 Å². The molecule has 19 heavy (non-hydrogen) atoms. The first kappa shape index (κ1) is 15.1. The van der Waals surface area contributed by atoms with Crippen LogP contribution in [0.15, 0.2) is 6.33 Å². The van der Waals surface area contributed by atoms with Gasteiger partial charge in [-0.05, 0) is 6.42 Å². The Balaban J connectivity index is 3.23. The van der Waals surface area contributed by atoms with Gasteiger partial charge in [0.1, 0.15) is 6.33 Å². The highest BCUT2D eigenvalue weighted by Gasteiger charge is 2.32. The maximum Gasteiger partial charge on any atom is 0.372 e. The molecule has 9 nitrogen and oxygen atoms in total. The largest absolute Gasteiger partial charge is 0.476 e. The van der Waals surface area contributed by atoms with Crippen molar-refractivity contribution in [2.24, 2.45) is 0 Å². The summed E-state index contributed by atoms with van der Waals surface area (Å²) in [7, 11) is 1.25. The molecule has 1 rings (SSSR count). The minimum atomic E-state index is -1.09. The topological polar surface area (TPSA) is 131 Å². The highest BCUT2D eigenvalue weighted by Crippen LogP contribution is 2.32. The molecule has 0 atom stereocenters. The molecule has 0 aliphatic rings. The lowest BCUT2D eigenvalue weighted by Crippen LogP contribution is -2.45. The average molecular weight is 272 g/mol. The number of methoxy groups -OCH3 is 1. The Hall–Kier alpha value is -2.00. The fraction of sp³-hybridized carbons (Fsp3) is 0.600. The highest BCUT2D eigenvalue weighted by atomic mass is 16.6. The fourth-order valence-corrected chi connectivity index (χ4v) is 1.46. The summed E-state index contributed by atoms with van der Waals surface area (Å²) in [5.41, 5.74) is -1.53. The summed E-state index contributed by atoms with van der Waals surface area (Å²) in [5, 5.41) is 32.4. The molecule has 0 saturated heterocycles. The van der Waals surface area contributed by atoms with Gasteiger partial charge in [0.2, 0.25) is 5.82 Å². The number of nitrogens with zero attached hydrogens (tertiary/aromatic N) is 3. The lowest BCUT2D eigenvalue weighted by molar-refractivity contribution is -0.385. The lowest BCUT2D eigenvalue weighted by atomic mass is 9.98. The number of anilines is 1. The van der Waals surface area contributed by atoms with Gasteiger partial charge in [-0.3, -0.25) is 10.1 Å². The van der Waals surface area contributed by atoms with Crippen LogP contribution in [0, 0.1) is 10.1 Å². The Morgan fingerprint density at radius 1 is 1.47 bits per heavy atom. The minimum absolute atomic E-state index is 0.109. The summed E-state index contributed by atoms with van der Waals surface area (Å²) < 4.78 is 4.80. The van der Waals surface area contributed by atoms with E-state index in [1.165, 1.54) is 7.11 Å². The van der Waals surface area contributed by atoms with Gasteiger partial charge in [0.05, 0.1) is 30.8 Å². The first-order valence-electron chi connectivity index (χ1n) is 5.56. The Bertz CT molecular complexity index is 441. The maximum atomic E-state index is 11.0. The molecular formula is C10H16N4O5. The van der Waals surface area contributed by atoms with Crippen LogP contribution < -0.4 is 10.1 Å². The van der Waals surface area contributed by atoms with Crippen molar-refractivity contribution >= 4 is 11.5 Å².